The highest BCUT2D eigenvalue weighted by Crippen LogP contribution is 2.10. The molecule has 0 radical (unpaired) electrons. The second-order valence-corrected chi connectivity index (χ2v) is 3.84. The molecule has 4 nitrogen and oxygen atoms in total. The number of carbonyl (C=O) groups is 2. The van der Waals surface area contributed by atoms with Gasteiger partial charge in [0, 0.05) is 11.3 Å². The predicted octanol–water partition coefficient (Wildman–Crippen LogP) is 2.38. The summed E-state index contributed by atoms with van der Waals surface area (Å²) in [5.74, 6) is -1.33. The third-order valence-electron chi connectivity index (χ3n) is 2.49. The highest BCUT2D eigenvalue weighted by molar-refractivity contribution is 6.46. The molecule has 0 aliphatic carbocycles. The summed E-state index contributed by atoms with van der Waals surface area (Å²) < 4.78 is 0. The van der Waals surface area contributed by atoms with Gasteiger partial charge in [0.25, 0.3) is 11.7 Å². The lowest BCUT2D eigenvalue weighted by Gasteiger charge is -2.04. The summed E-state index contributed by atoms with van der Waals surface area (Å²) in [7, 11) is 0. The SMILES string of the molecule is N#Cc1cccc(NC(=O)C(=O)c2ccccc2)c1. The van der Waals surface area contributed by atoms with E-state index in [1.807, 2.05) is 6.07 Å². The van der Waals surface area contributed by atoms with Gasteiger partial charge in [0.1, 0.15) is 0 Å². The Morgan fingerprint density at radius 1 is 1.00 bits per heavy atom. The summed E-state index contributed by atoms with van der Waals surface area (Å²) in [6, 6.07) is 16.7. The van der Waals surface area contributed by atoms with E-state index in [2.05, 4.69) is 5.32 Å². The van der Waals surface area contributed by atoms with Crippen LogP contribution in [0.2, 0.25) is 0 Å². The first-order chi connectivity index (χ1) is 9.20. The molecular weight excluding hydrogens is 240 g/mol. The summed E-state index contributed by atoms with van der Waals surface area (Å²) in [5.41, 5.74) is 1.18. The number of anilines is 1. The van der Waals surface area contributed by atoms with Gasteiger partial charge in [-0.05, 0) is 18.2 Å². The lowest BCUT2D eigenvalue weighted by molar-refractivity contribution is -0.112. The van der Waals surface area contributed by atoms with Crippen molar-refractivity contribution in [2.24, 2.45) is 0 Å². The second-order valence-electron chi connectivity index (χ2n) is 3.84. The van der Waals surface area contributed by atoms with E-state index in [0.717, 1.165) is 0 Å². The fourth-order valence-corrected chi connectivity index (χ4v) is 1.57. The zero-order valence-electron chi connectivity index (χ0n) is 9.96. The van der Waals surface area contributed by atoms with Gasteiger partial charge >= 0.3 is 0 Å². The molecule has 0 heterocycles. The van der Waals surface area contributed by atoms with Crippen molar-refractivity contribution >= 4 is 17.4 Å². The minimum absolute atomic E-state index is 0.330. The zero-order valence-corrected chi connectivity index (χ0v) is 9.96. The maximum absolute atomic E-state index is 11.8. The number of nitrogens with zero attached hydrogens (tertiary/aromatic N) is 1. The number of Topliss-reactive ketones (excluding diaryl/α,β-unsaturated/α-hetero) is 1. The standard InChI is InChI=1S/C15H10N2O2/c16-10-11-5-4-8-13(9-11)17-15(19)14(18)12-6-2-1-3-7-12/h1-9H,(H,17,19). The first kappa shape index (κ1) is 12.5. The Morgan fingerprint density at radius 2 is 1.74 bits per heavy atom. The molecule has 4 heteroatoms. The molecule has 0 saturated carbocycles. The van der Waals surface area contributed by atoms with Gasteiger partial charge in [0.05, 0.1) is 11.6 Å². The number of ketones is 1. The first-order valence-electron chi connectivity index (χ1n) is 5.61. The molecule has 0 atom stereocenters. The van der Waals surface area contributed by atoms with Crippen molar-refractivity contribution in [1.29, 1.82) is 5.26 Å². The summed E-state index contributed by atoms with van der Waals surface area (Å²) >= 11 is 0. The average molecular weight is 250 g/mol. The molecule has 2 aromatic rings. The van der Waals surface area contributed by atoms with Gasteiger partial charge in [-0.25, -0.2) is 0 Å². The van der Waals surface area contributed by atoms with E-state index in [0.29, 0.717) is 16.8 Å². The summed E-state index contributed by atoms with van der Waals surface area (Å²) in [4.78, 5) is 23.6. The maximum Gasteiger partial charge on any atom is 0.296 e. The van der Waals surface area contributed by atoms with Gasteiger partial charge in [0.2, 0.25) is 0 Å². The predicted molar refractivity (Wildman–Crippen MR) is 70.6 cm³/mol. The summed E-state index contributed by atoms with van der Waals surface area (Å²) in [6.45, 7) is 0. The van der Waals surface area contributed by atoms with Crippen LogP contribution in [0.4, 0.5) is 5.69 Å². The minimum Gasteiger partial charge on any atom is -0.319 e. The van der Waals surface area contributed by atoms with Crippen molar-refractivity contribution in [1.82, 2.24) is 0 Å². The Balaban J connectivity index is 2.13. The van der Waals surface area contributed by atoms with Crippen LogP contribution < -0.4 is 5.32 Å². The number of nitrogens with one attached hydrogen (secondary N) is 1. The van der Waals surface area contributed by atoms with Gasteiger partial charge in [-0.15, -0.1) is 0 Å². The van der Waals surface area contributed by atoms with Crippen LogP contribution in [0.25, 0.3) is 0 Å². The van der Waals surface area contributed by atoms with Crippen LogP contribution in [0.15, 0.2) is 54.6 Å². The smallest absolute Gasteiger partial charge is 0.296 e. The highest BCUT2D eigenvalue weighted by Gasteiger charge is 2.15. The Hall–Kier alpha value is -2.93. The molecule has 19 heavy (non-hydrogen) atoms. The molecule has 2 aromatic carbocycles. The van der Waals surface area contributed by atoms with E-state index in [1.54, 1.807) is 48.5 Å². The maximum atomic E-state index is 11.8. The van der Waals surface area contributed by atoms with Gasteiger partial charge < -0.3 is 5.32 Å². The van der Waals surface area contributed by atoms with Gasteiger partial charge in [-0.3, -0.25) is 9.59 Å². The summed E-state index contributed by atoms with van der Waals surface area (Å²) in [5, 5.41) is 11.2. The summed E-state index contributed by atoms with van der Waals surface area (Å²) in [6.07, 6.45) is 0. The molecular formula is C15H10N2O2. The van der Waals surface area contributed by atoms with E-state index in [9.17, 15) is 9.59 Å². The van der Waals surface area contributed by atoms with Crippen molar-refractivity contribution < 1.29 is 9.59 Å². The lowest BCUT2D eigenvalue weighted by atomic mass is 10.1. The van der Waals surface area contributed by atoms with Crippen LogP contribution in [-0.2, 0) is 4.79 Å². The van der Waals surface area contributed by atoms with Crippen LogP contribution >= 0.6 is 0 Å². The van der Waals surface area contributed by atoms with Crippen molar-refractivity contribution in [3.05, 3.63) is 65.7 Å². The number of hydrogen-bond acceptors (Lipinski definition) is 3. The first-order valence-corrected chi connectivity index (χ1v) is 5.61. The molecule has 0 unspecified atom stereocenters. The van der Waals surface area contributed by atoms with Crippen molar-refractivity contribution in [3.8, 4) is 6.07 Å². The molecule has 92 valence electrons. The van der Waals surface area contributed by atoms with E-state index in [4.69, 9.17) is 5.26 Å². The minimum atomic E-state index is -0.721. The quantitative estimate of drug-likeness (QED) is 0.671. The van der Waals surface area contributed by atoms with Crippen LogP contribution in [-0.4, -0.2) is 11.7 Å². The number of carbonyl (C=O) groups excluding carboxylic acids is 2. The van der Waals surface area contributed by atoms with Crippen molar-refractivity contribution in [3.63, 3.8) is 0 Å². The number of rotatable bonds is 3. The number of hydrogen-bond donors (Lipinski definition) is 1. The van der Waals surface area contributed by atoms with Crippen LogP contribution in [0.1, 0.15) is 15.9 Å². The topological polar surface area (TPSA) is 70.0 Å². The molecule has 0 aliphatic heterocycles. The van der Waals surface area contributed by atoms with Crippen molar-refractivity contribution in [2.75, 3.05) is 5.32 Å². The second kappa shape index (κ2) is 5.61. The van der Waals surface area contributed by atoms with Gasteiger partial charge in [0.15, 0.2) is 0 Å². The Labute approximate surface area is 110 Å². The van der Waals surface area contributed by atoms with E-state index < -0.39 is 11.7 Å². The van der Waals surface area contributed by atoms with Crippen molar-refractivity contribution in [2.45, 2.75) is 0 Å². The monoisotopic (exact) mass is 250 g/mol. The fraction of sp³-hybridized carbons (Fsp3) is 0. The Kier molecular flexibility index (Phi) is 3.70. The fourth-order valence-electron chi connectivity index (χ4n) is 1.57. The third kappa shape index (κ3) is 3.05. The van der Waals surface area contributed by atoms with E-state index in [1.165, 1.54) is 6.07 Å². The third-order valence-corrected chi connectivity index (χ3v) is 2.49. The molecule has 0 bridgehead atoms. The Morgan fingerprint density at radius 3 is 2.42 bits per heavy atom. The van der Waals surface area contributed by atoms with Crippen LogP contribution in [0.5, 0.6) is 0 Å². The molecule has 0 saturated heterocycles. The number of benzene rings is 2. The van der Waals surface area contributed by atoms with E-state index >= 15 is 0 Å². The molecule has 0 aliphatic rings. The van der Waals surface area contributed by atoms with Gasteiger partial charge in [-0.1, -0.05) is 36.4 Å². The Bertz CT molecular complexity index is 657. The lowest BCUT2D eigenvalue weighted by Crippen LogP contribution is -2.22. The van der Waals surface area contributed by atoms with Crippen LogP contribution in [0.3, 0.4) is 0 Å². The normalized spacial score (nSPS) is 9.42. The molecule has 0 aromatic heterocycles. The van der Waals surface area contributed by atoms with E-state index in [-0.39, 0.29) is 0 Å². The highest BCUT2D eigenvalue weighted by atomic mass is 16.2. The average Bonchev–Trinajstić information content (AvgIpc) is 2.47. The van der Waals surface area contributed by atoms with Crippen LogP contribution in [0, 0.1) is 11.3 Å². The largest absolute Gasteiger partial charge is 0.319 e. The number of nitriles is 1. The molecule has 0 fully saturated rings. The molecule has 1 N–H and O–H groups in total. The molecule has 2 rings (SSSR count). The number of amides is 1. The zero-order chi connectivity index (χ0) is 13.7. The molecule has 1 amide bonds. The van der Waals surface area contributed by atoms with Gasteiger partial charge in [-0.2, -0.15) is 5.26 Å². The molecule has 0 spiro atoms.